The number of carbonyl (C=O) groups excluding carboxylic acids is 1. The second-order valence-electron chi connectivity index (χ2n) is 4.12. The fourth-order valence-corrected chi connectivity index (χ4v) is 2.85. The van der Waals surface area contributed by atoms with Crippen LogP contribution < -0.4 is 9.46 Å². The van der Waals surface area contributed by atoms with Crippen molar-refractivity contribution in [2.45, 2.75) is 12.8 Å². The smallest absolute Gasteiger partial charge is 0.283 e. The number of methoxy groups -OCH3 is 1. The molecule has 1 amide bonds. The molecule has 0 spiro atoms. The van der Waals surface area contributed by atoms with Gasteiger partial charge in [-0.25, -0.2) is 18.1 Å². The highest BCUT2D eigenvalue weighted by atomic mass is 32.2. The van der Waals surface area contributed by atoms with Gasteiger partial charge in [-0.1, -0.05) is 6.07 Å². The van der Waals surface area contributed by atoms with E-state index in [0.717, 1.165) is 12.8 Å². The summed E-state index contributed by atoms with van der Waals surface area (Å²) in [5, 5.41) is 0. The van der Waals surface area contributed by atoms with Gasteiger partial charge in [-0.15, -0.1) is 0 Å². The quantitative estimate of drug-likeness (QED) is 0.847. The molecule has 0 radical (unpaired) electrons. The number of hydrogen-bond acceptors (Lipinski definition) is 5. The van der Waals surface area contributed by atoms with Crippen LogP contribution in [0, 0.1) is 5.92 Å². The zero-order valence-corrected chi connectivity index (χ0v) is 10.2. The minimum Gasteiger partial charge on any atom is -0.481 e. The Hall–Kier alpha value is -1.63. The zero-order valence-electron chi connectivity index (χ0n) is 12.4. The number of pyridine rings is 1. The van der Waals surface area contributed by atoms with Crippen LogP contribution in [0.1, 0.15) is 27.4 Å². The molecule has 1 heterocycles. The molecule has 0 bridgehead atoms. The van der Waals surface area contributed by atoms with Gasteiger partial charge in [0.1, 0.15) is 5.69 Å². The first-order valence-corrected chi connectivity index (χ1v) is 7.01. The molecule has 6 nitrogen and oxygen atoms in total. The average Bonchev–Trinajstić information content (AvgIpc) is 3.09. The first kappa shape index (κ1) is 9.32. The van der Waals surface area contributed by atoms with E-state index in [9.17, 15) is 13.2 Å². The highest BCUT2D eigenvalue weighted by molar-refractivity contribution is 7.90. The molecule has 7 heteroatoms. The van der Waals surface area contributed by atoms with Gasteiger partial charge in [-0.05, 0) is 24.8 Å². The van der Waals surface area contributed by atoms with E-state index in [-0.39, 0.29) is 23.2 Å². The molecule has 0 aliphatic heterocycles. The Kier molecular flexibility index (Phi) is 2.55. The predicted octanol–water partition coefficient (Wildman–Crippen LogP) is 0.560. The van der Waals surface area contributed by atoms with Crippen molar-refractivity contribution in [1.82, 2.24) is 9.71 Å². The minimum absolute atomic E-state index is 0.0931. The fraction of sp³-hybridized carbons (Fsp3) is 0.455. The maximum absolute atomic E-state index is 11.8. The Morgan fingerprint density at radius 2 is 2.39 bits per heavy atom. The Morgan fingerprint density at radius 1 is 1.61 bits per heavy atom. The molecule has 1 saturated carbocycles. The van der Waals surface area contributed by atoms with Crippen molar-refractivity contribution in [1.29, 1.82) is 0 Å². The summed E-state index contributed by atoms with van der Waals surface area (Å²) in [6.07, 6.45) is 1.69. The van der Waals surface area contributed by atoms with E-state index in [4.69, 9.17) is 4.11 Å². The molecule has 0 atom stereocenters. The number of amides is 1. The van der Waals surface area contributed by atoms with Gasteiger partial charge in [0.25, 0.3) is 5.91 Å². The number of nitrogens with one attached hydrogen (secondary N) is 1. The van der Waals surface area contributed by atoms with Gasteiger partial charge < -0.3 is 4.74 Å². The minimum atomic E-state index is -3.71. The zero-order chi connectivity index (χ0) is 15.7. The molecular formula is C11H14N2O4S. The summed E-state index contributed by atoms with van der Waals surface area (Å²) in [7, 11) is -6.40. The maximum Gasteiger partial charge on any atom is 0.283 e. The van der Waals surface area contributed by atoms with E-state index < -0.39 is 23.0 Å². The molecule has 2 rings (SSSR count). The van der Waals surface area contributed by atoms with Crippen molar-refractivity contribution >= 4 is 15.9 Å². The van der Waals surface area contributed by atoms with Crippen molar-refractivity contribution in [2.75, 3.05) is 12.8 Å². The lowest BCUT2D eigenvalue weighted by molar-refractivity contribution is 0.0975. The van der Waals surface area contributed by atoms with Crippen LogP contribution in [-0.2, 0) is 10.0 Å². The van der Waals surface area contributed by atoms with Gasteiger partial charge in [-0.2, -0.15) is 0 Å². The normalized spacial score (nSPS) is 18.3. The predicted molar refractivity (Wildman–Crippen MR) is 64.8 cm³/mol. The molecule has 98 valence electrons. The van der Waals surface area contributed by atoms with Crippen molar-refractivity contribution in [3.63, 3.8) is 0 Å². The third kappa shape index (κ3) is 3.43. The number of aromatic nitrogens is 1. The van der Waals surface area contributed by atoms with Crippen LogP contribution >= 0.6 is 0 Å². The van der Waals surface area contributed by atoms with E-state index in [1.165, 1.54) is 18.2 Å². The van der Waals surface area contributed by atoms with E-state index in [0.29, 0.717) is 0 Å². The molecule has 1 aliphatic carbocycles. The monoisotopic (exact) mass is 273 g/mol. The molecule has 1 aromatic heterocycles. The number of hydrogen-bond donors (Lipinski definition) is 1. The van der Waals surface area contributed by atoms with Crippen LogP contribution in [0.15, 0.2) is 18.2 Å². The van der Waals surface area contributed by atoms with Gasteiger partial charge in [0.15, 0.2) is 0 Å². The number of rotatable bonds is 5. The molecule has 1 N–H and O–H groups in total. The summed E-state index contributed by atoms with van der Waals surface area (Å²) in [4.78, 5) is 15.5. The molecule has 1 aliphatic rings. The lowest BCUT2D eigenvalue weighted by atomic mass is 10.3. The molecule has 18 heavy (non-hydrogen) atoms. The van der Waals surface area contributed by atoms with Gasteiger partial charge in [-0.3, -0.25) is 4.79 Å². The van der Waals surface area contributed by atoms with Crippen LogP contribution in [0.4, 0.5) is 0 Å². The first-order valence-electron chi connectivity index (χ1n) is 6.85. The highest BCUT2D eigenvalue weighted by Crippen LogP contribution is 2.29. The van der Waals surface area contributed by atoms with Gasteiger partial charge in [0.05, 0.1) is 16.9 Å². The number of ether oxygens (including phenoxy) is 1. The van der Waals surface area contributed by atoms with Crippen LogP contribution in [0.5, 0.6) is 5.88 Å². The van der Waals surface area contributed by atoms with Gasteiger partial charge >= 0.3 is 0 Å². The summed E-state index contributed by atoms with van der Waals surface area (Å²) in [6.45, 7) is 0. The molecule has 0 unspecified atom stereocenters. The first-order chi connectivity index (χ1) is 9.65. The maximum atomic E-state index is 11.8. The van der Waals surface area contributed by atoms with Crippen molar-refractivity contribution < 1.29 is 22.1 Å². The second kappa shape index (κ2) is 4.93. The van der Waals surface area contributed by atoms with E-state index in [2.05, 4.69) is 9.72 Å². The third-order valence-corrected chi connectivity index (χ3v) is 3.87. The Labute approximate surface area is 110 Å². The molecular weight excluding hydrogens is 256 g/mol. The number of nitrogens with zero attached hydrogens (tertiary/aromatic N) is 1. The van der Waals surface area contributed by atoms with Gasteiger partial charge in [0, 0.05) is 6.07 Å². The standard InChI is InChI=1S/C11H14N2O4S/c1-17-10-4-2-3-9(12-10)11(14)13-18(15,16)7-8-5-6-8/h2-4,8H,5-7H2,1H3,(H,13,14)/i1D3. The van der Waals surface area contributed by atoms with Crippen LogP contribution in [-0.4, -0.2) is 32.1 Å². The molecule has 1 aromatic rings. The summed E-state index contributed by atoms with van der Waals surface area (Å²) in [6, 6.07) is 3.90. The topological polar surface area (TPSA) is 85.4 Å². The number of sulfonamides is 1. The Balaban J connectivity index is 2.06. The van der Waals surface area contributed by atoms with E-state index in [1.807, 2.05) is 4.72 Å². The lowest BCUT2D eigenvalue weighted by Crippen LogP contribution is -2.33. The van der Waals surface area contributed by atoms with Crippen LogP contribution in [0.25, 0.3) is 0 Å². The van der Waals surface area contributed by atoms with Crippen LogP contribution in [0.3, 0.4) is 0 Å². The Morgan fingerprint density at radius 3 is 3.06 bits per heavy atom. The van der Waals surface area contributed by atoms with Crippen LogP contribution in [0.2, 0.25) is 0 Å². The van der Waals surface area contributed by atoms with Crippen molar-refractivity contribution in [2.24, 2.45) is 5.92 Å². The molecule has 0 aromatic carbocycles. The third-order valence-electron chi connectivity index (χ3n) is 2.46. The summed E-state index contributed by atoms with van der Waals surface area (Å²) < 4.78 is 50.7. The summed E-state index contributed by atoms with van der Waals surface area (Å²) in [5.74, 6) is -1.17. The second-order valence-corrected chi connectivity index (χ2v) is 5.89. The number of carbonyl (C=O) groups is 1. The SMILES string of the molecule is [2H]C([2H])([2H])Oc1cccc(C(=O)NS(=O)(=O)CC2CC2)n1. The van der Waals surface area contributed by atoms with E-state index >= 15 is 0 Å². The average molecular weight is 273 g/mol. The van der Waals surface area contributed by atoms with E-state index in [1.54, 1.807) is 0 Å². The summed E-state index contributed by atoms with van der Waals surface area (Å²) >= 11 is 0. The van der Waals surface area contributed by atoms with Crippen molar-refractivity contribution in [3.05, 3.63) is 23.9 Å². The highest BCUT2D eigenvalue weighted by Gasteiger charge is 2.29. The summed E-state index contributed by atoms with van der Waals surface area (Å²) in [5.41, 5.74) is -0.226. The fourth-order valence-electron chi connectivity index (χ4n) is 1.43. The molecule has 0 saturated heterocycles. The van der Waals surface area contributed by atoms with Gasteiger partial charge in [0.2, 0.25) is 15.9 Å². The largest absolute Gasteiger partial charge is 0.481 e. The lowest BCUT2D eigenvalue weighted by Gasteiger charge is -2.06. The molecule has 1 fully saturated rings. The van der Waals surface area contributed by atoms with Crippen molar-refractivity contribution in [3.8, 4) is 5.88 Å². The Bertz CT molecular complexity index is 641.